The fraction of sp³-hybridized carbons (Fsp3) is 0.500. The third-order valence-electron chi connectivity index (χ3n) is 3.98. The zero-order valence-electron chi connectivity index (χ0n) is 13.4. The number of hydrogen-bond acceptors (Lipinski definition) is 6. The molecule has 0 saturated heterocycles. The van der Waals surface area contributed by atoms with E-state index < -0.39 is 16.8 Å². The Morgan fingerprint density at radius 1 is 1.42 bits per heavy atom. The Morgan fingerprint density at radius 2 is 2.17 bits per heavy atom. The van der Waals surface area contributed by atoms with Gasteiger partial charge in [0.25, 0.3) is 5.91 Å². The molecule has 2 atom stereocenters. The summed E-state index contributed by atoms with van der Waals surface area (Å²) in [5.41, 5.74) is 0. The van der Waals surface area contributed by atoms with Crippen LogP contribution in [0.2, 0.25) is 0 Å². The molecule has 1 aliphatic carbocycles. The Hall–Kier alpha value is -2.64. The number of esters is 1. The lowest BCUT2D eigenvalue weighted by atomic mass is 9.86. The largest absolute Gasteiger partial charge is 0.452 e. The Labute approximate surface area is 139 Å². The van der Waals surface area contributed by atoms with Crippen molar-refractivity contribution in [3.8, 4) is 0 Å². The van der Waals surface area contributed by atoms with E-state index in [4.69, 9.17) is 9.15 Å². The van der Waals surface area contributed by atoms with Crippen LogP contribution < -0.4 is 5.32 Å². The van der Waals surface area contributed by atoms with Crippen molar-refractivity contribution in [2.24, 2.45) is 5.92 Å². The van der Waals surface area contributed by atoms with Crippen molar-refractivity contribution in [1.82, 2.24) is 5.32 Å². The third kappa shape index (κ3) is 5.22. The van der Waals surface area contributed by atoms with Crippen LogP contribution in [-0.2, 0) is 14.3 Å². The van der Waals surface area contributed by atoms with Crippen molar-refractivity contribution in [3.63, 3.8) is 0 Å². The second-order valence-corrected chi connectivity index (χ2v) is 5.81. The number of hydrogen-bond donors (Lipinski definition) is 1. The molecule has 1 saturated carbocycles. The lowest BCUT2D eigenvalue weighted by Crippen LogP contribution is -2.42. The number of amides is 1. The summed E-state index contributed by atoms with van der Waals surface area (Å²) in [6.07, 6.45) is 6.60. The molecule has 8 heteroatoms. The molecular formula is C16H20N2O6. The molecule has 0 radical (unpaired) electrons. The minimum atomic E-state index is -0.721. The molecule has 0 aromatic carbocycles. The molecule has 1 aromatic heterocycles. The van der Waals surface area contributed by atoms with Crippen LogP contribution in [0.4, 0.5) is 5.88 Å². The SMILES string of the molecule is C[C@@H]1CCCC[C@@H]1NC(=O)COC(=O)/C=C/c1ccc([N+](=O)[O-])o1. The van der Waals surface area contributed by atoms with Crippen LogP contribution in [0, 0.1) is 16.0 Å². The highest BCUT2D eigenvalue weighted by Crippen LogP contribution is 2.23. The molecule has 2 rings (SSSR count). The maximum atomic E-state index is 11.8. The van der Waals surface area contributed by atoms with E-state index in [1.54, 1.807) is 0 Å². The fourth-order valence-corrected chi connectivity index (χ4v) is 2.64. The fourth-order valence-electron chi connectivity index (χ4n) is 2.64. The predicted molar refractivity (Wildman–Crippen MR) is 84.9 cm³/mol. The zero-order chi connectivity index (χ0) is 17.5. The molecule has 1 heterocycles. The lowest BCUT2D eigenvalue weighted by molar-refractivity contribution is -0.402. The first-order valence-electron chi connectivity index (χ1n) is 7.84. The molecule has 0 bridgehead atoms. The van der Waals surface area contributed by atoms with E-state index in [9.17, 15) is 19.7 Å². The summed E-state index contributed by atoms with van der Waals surface area (Å²) < 4.78 is 9.70. The summed E-state index contributed by atoms with van der Waals surface area (Å²) in [6, 6.07) is 2.67. The standard InChI is InChI=1S/C16H20N2O6/c1-11-4-2-3-5-13(11)17-14(19)10-23-16(20)9-7-12-6-8-15(24-12)18(21)22/h6-9,11,13H,2-5,10H2,1H3,(H,17,19)/b9-7+/t11-,13+/m1/s1. The summed E-state index contributed by atoms with van der Waals surface area (Å²) in [5.74, 6) is -0.888. The van der Waals surface area contributed by atoms with Crippen LogP contribution in [0.25, 0.3) is 6.08 Å². The Balaban J connectivity index is 1.74. The van der Waals surface area contributed by atoms with Gasteiger partial charge in [-0.25, -0.2) is 4.79 Å². The van der Waals surface area contributed by atoms with Crippen LogP contribution in [-0.4, -0.2) is 29.4 Å². The number of carbonyl (C=O) groups excluding carboxylic acids is 2. The highest BCUT2D eigenvalue weighted by Gasteiger charge is 2.22. The van der Waals surface area contributed by atoms with Crippen molar-refractivity contribution >= 4 is 23.8 Å². The topological polar surface area (TPSA) is 112 Å². The van der Waals surface area contributed by atoms with Gasteiger partial charge in [0.05, 0.1) is 6.07 Å². The normalized spacial score (nSPS) is 20.7. The maximum absolute atomic E-state index is 11.8. The number of nitrogens with one attached hydrogen (secondary N) is 1. The van der Waals surface area contributed by atoms with E-state index in [0.29, 0.717) is 5.92 Å². The van der Waals surface area contributed by atoms with Crippen molar-refractivity contribution in [1.29, 1.82) is 0 Å². The molecule has 1 fully saturated rings. The van der Waals surface area contributed by atoms with E-state index in [1.807, 2.05) is 0 Å². The Kier molecular flexibility index (Phi) is 6.11. The van der Waals surface area contributed by atoms with E-state index >= 15 is 0 Å². The van der Waals surface area contributed by atoms with Crippen molar-refractivity contribution in [2.45, 2.75) is 38.6 Å². The summed E-state index contributed by atoms with van der Waals surface area (Å²) in [6.45, 7) is 1.74. The Bertz CT molecular complexity index is 636. The van der Waals surface area contributed by atoms with Gasteiger partial charge >= 0.3 is 11.9 Å². The summed E-state index contributed by atoms with van der Waals surface area (Å²) in [4.78, 5) is 33.2. The number of furan rings is 1. The second kappa shape index (κ2) is 8.28. The lowest BCUT2D eigenvalue weighted by Gasteiger charge is -2.29. The second-order valence-electron chi connectivity index (χ2n) is 5.81. The van der Waals surface area contributed by atoms with Crippen LogP contribution in [0.1, 0.15) is 38.4 Å². The quantitative estimate of drug-likeness (QED) is 0.369. The van der Waals surface area contributed by atoms with Gasteiger partial charge in [0.15, 0.2) is 6.61 Å². The van der Waals surface area contributed by atoms with Crippen LogP contribution >= 0.6 is 0 Å². The summed E-state index contributed by atoms with van der Waals surface area (Å²) in [7, 11) is 0. The van der Waals surface area contributed by atoms with Crippen molar-refractivity contribution in [3.05, 3.63) is 34.1 Å². The predicted octanol–water partition coefficient (Wildman–Crippen LogP) is 2.44. The van der Waals surface area contributed by atoms with Gasteiger partial charge in [-0.05, 0) is 30.9 Å². The van der Waals surface area contributed by atoms with Crippen LogP contribution in [0.3, 0.4) is 0 Å². The molecule has 1 N–H and O–H groups in total. The summed E-state index contributed by atoms with van der Waals surface area (Å²) >= 11 is 0. The molecule has 1 amide bonds. The van der Waals surface area contributed by atoms with Crippen LogP contribution in [0.15, 0.2) is 22.6 Å². The minimum Gasteiger partial charge on any atom is -0.452 e. The molecule has 0 aliphatic heterocycles. The first-order valence-corrected chi connectivity index (χ1v) is 7.84. The van der Waals surface area contributed by atoms with Gasteiger partial charge in [0.1, 0.15) is 10.7 Å². The average molecular weight is 336 g/mol. The molecule has 8 nitrogen and oxygen atoms in total. The monoisotopic (exact) mass is 336 g/mol. The van der Waals surface area contributed by atoms with E-state index in [-0.39, 0.29) is 24.3 Å². The number of nitrogens with zero attached hydrogens (tertiary/aromatic N) is 1. The van der Waals surface area contributed by atoms with E-state index in [2.05, 4.69) is 12.2 Å². The molecule has 0 spiro atoms. The zero-order valence-corrected chi connectivity index (χ0v) is 13.4. The molecule has 24 heavy (non-hydrogen) atoms. The molecule has 0 unspecified atom stereocenters. The Morgan fingerprint density at radius 3 is 2.83 bits per heavy atom. The van der Waals surface area contributed by atoms with Gasteiger partial charge in [0, 0.05) is 12.1 Å². The molecule has 1 aromatic rings. The minimum absolute atomic E-state index is 0.129. The number of ether oxygens (including phenoxy) is 1. The number of nitro groups is 1. The number of carbonyl (C=O) groups is 2. The number of rotatable bonds is 6. The molecule has 130 valence electrons. The van der Waals surface area contributed by atoms with Crippen LogP contribution in [0.5, 0.6) is 0 Å². The molecule has 1 aliphatic rings. The van der Waals surface area contributed by atoms with E-state index in [0.717, 1.165) is 25.3 Å². The van der Waals surface area contributed by atoms with Gasteiger partial charge in [-0.3, -0.25) is 14.9 Å². The van der Waals surface area contributed by atoms with Gasteiger partial charge < -0.3 is 14.5 Å². The highest BCUT2D eigenvalue weighted by atomic mass is 16.6. The smallest absolute Gasteiger partial charge is 0.433 e. The first kappa shape index (κ1) is 17.7. The molecular weight excluding hydrogens is 316 g/mol. The van der Waals surface area contributed by atoms with Gasteiger partial charge in [-0.2, -0.15) is 0 Å². The van der Waals surface area contributed by atoms with Gasteiger partial charge in [0.2, 0.25) is 0 Å². The van der Waals surface area contributed by atoms with Crippen molar-refractivity contribution in [2.75, 3.05) is 6.61 Å². The highest BCUT2D eigenvalue weighted by molar-refractivity contribution is 5.89. The van der Waals surface area contributed by atoms with Gasteiger partial charge in [-0.15, -0.1) is 0 Å². The average Bonchev–Trinajstić information content (AvgIpc) is 3.02. The van der Waals surface area contributed by atoms with Gasteiger partial charge in [-0.1, -0.05) is 19.8 Å². The third-order valence-corrected chi connectivity index (χ3v) is 3.98. The maximum Gasteiger partial charge on any atom is 0.433 e. The van der Waals surface area contributed by atoms with Crippen molar-refractivity contribution < 1.29 is 23.7 Å². The van der Waals surface area contributed by atoms with E-state index in [1.165, 1.54) is 24.6 Å². The first-order chi connectivity index (χ1) is 11.5. The summed E-state index contributed by atoms with van der Waals surface area (Å²) in [5, 5.41) is 13.3.